The molecule has 0 unspecified atom stereocenters. The number of carbonyl (C=O) groups is 2. The van der Waals surface area contributed by atoms with Gasteiger partial charge in [0.2, 0.25) is 0 Å². The van der Waals surface area contributed by atoms with Crippen molar-refractivity contribution >= 4 is 17.6 Å². The molecule has 3 heterocycles. The molecule has 1 aromatic heterocycles. The van der Waals surface area contributed by atoms with Crippen molar-refractivity contribution in [2.24, 2.45) is 13.0 Å². The van der Waals surface area contributed by atoms with Crippen LogP contribution in [-0.4, -0.2) is 76.2 Å². The van der Waals surface area contributed by atoms with E-state index in [2.05, 4.69) is 10.00 Å². The van der Waals surface area contributed by atoms with Crippen molar-refractivity contribution in [1.29, 1.82) is 0 Å². The summed E-state index contributed by atoms with van der Waals surface area (Å²) in [4.78, 5) is 25.6. The summed E-state index contributed by atoms with van der Waals surface area (Å²) in [5.41, 5.74) is 0.719. The Bertz CT molecular complexity index is 755. The molecule has 1 spiro atoms. The van der Waals surface area contributed by atoms with Crippen LogP contribution in [-0.2, 0) is 21.4 Å². The smallest absolute Gasteiger partial charge is 0.475 e. The van der Waals surface area contributed by atoms with Gasteiger partial charge < -0.3 is 19.6 Å². The highest BCUT2D eigenvalue weighted by atomic mass is 19.4. The molecule has 2 saturated heterocycles. The summed E-state index contributed by atoms with van der Waals surface area (Å²) in [7, 11) is 1.88. The van der Waals surface area contributed by atoms with Crippen LogP contribution >= 0.6 is 0 Å². The van der Waals surface area contributed by atoms with E-state index in [9.17, 15) is 18.0 Å². The number of alkyl halides is 3. The van der Waals surface area contributed by atoms with E-state index in [-0.39, 0.29) is 18.1 Å². The number of aliphatic carboxylic acids is 1. The van der Waals surface area contributed by atoms with E-state index >= 15 is 0 Å². The van der Waals surface area contributed by atoms with E-state index < -0.39 is 12.1 Å². The number of amides is 1. The number of anilines is 1. The van der Waals surface area contributed by atoms with Crippen LogP contribution in [0.15, 0.2) is 12.4 Å². The number of nitrogens with zero attached hydrogens (tertiary/aromatic N) is 4. The highest BCUT2D eigenvalue weighted by Crippen LogP contribution is 2.34. The maximum Gasteiger partial charge on any atom is 0.490 e. The molecule has 3 aliphatic rings. The van der Waals surface area contributed by atoms with E-state index in [4.69, 9.17) is 14.6 Å². The van der Waals surface area contributed by atoms with Crippen LogP contribution in [0.3, 0.4) is 0 Å². The molecule has 0 radical (unpaired) electrons. The fourth-order valence-electron chi connectivity index (χ4n) is 3.98. The number of likely N-dealkylation sites (tertiary alicyclic amines) is 1. The molecule has 30 heavy (non-hydrogen) atoms. The second-order valence-electron chi connectivity index (χ2n) is 8.22. The van der Waals surface area contributed by atoms with Gasteiger partial charge in [-0.2, -0.15) is 18.3 Å². The molecule has 3 fully saturated rings. The molecule has 0 bridgehead atoms. The third-order valence-electron chi connectivity index (χ3n) is 6.00. The third-order valence-corrected chi connectivity index (χ3v) is 6.00. The minimum Gasteiger partial charge on any atom is -0.475 e. The second-order valence-corrected chi connectivity index (χ2v) is 8.22. The van der Waals surface area contributed by atoms with Gasteiger partial charge in [-0.3, -0.25) is 9.48 Å². The van der Waals surface area contributed by atoms with Crippen LogP contribution < -0.4 is 4.90 Å². The van der Waals surface area contributed by atoms with Gasteiger partial charge in [0.15, 0.2) is 0 Å². The number of aromatic nitrogens is 2. The molecule has 1 amide bonds. The largest absolute Gasteiger partial charge is 0.490 e. The van der Waals surface area contributed by atoms with Gasteiger partial charge >= 0.3 is 12.1 Å². The first-order valence-corrected chi connectivity index (χ1v) is 10.0. The van der Waals surface area contributed by atoms with Crippen molar-refractivity contribution < 1.29 is 32.6 Å². The Kier molecular flexibility index (Phi) is 6.71. The Balaban J connectivity index is 0.000000318. The van der Waals surface area contributed by atoms with E-state index in [0.717, 1.165) is 37.5 Å². The maximum absolute atomic E-state index is 12.2. The van der Waals surface area contributed by atoms with E-state index in [1.807, 2.05) is 18.1 Å². The summed E-state index contributed by atoms with van der Waals surface area (Å²) < 4.78 is 39.5. The topological polar surface area (TPSA) is 87.9 Å². The van der Waals surface area contributed by atoms with Crippen molar-refractivity contribution in [3.8, 4) is 0 Å². The van der Waals surface area contributed by atoms with Gasteiger partial charge in [-0.25, -0.2) is 4.79 Å². The highest BCUT2D eigenvalue weighted by molar-refractivity contribution is 5.94. The second kappa shape index (κ2) is 8.93. The fraction of sp³-hybridized carbons (Fsp3) is 0.737. The van der Waals surface area contributed by atoms with Crippen LogP contribution in [0.1, 0.15) is 32.1 Å². The lowest BCUT2D eigenvalue weighted by atomic mass is 9.83. The number of carboxylic acid groups (broad SMARTS) is 1. The zero-order valence-electron chi connectivity index (χ0n) is 16.9. The number of aryl methyl sites for hydroxylation is 1. The van der Waals surface area contributed by atoms with Gasteiger partial charge in [-0.1, -0.05) is 6.42 Å². The summed E-state index contributed by atoms with van der Waals surface area (Å²) in [5, 5.41) is 11.3. The molecule has 0 atom stereocenters. The Morgan fingerprint density at radius 1 is 1.33 bits per heavy atom. The van der Waals surface area contributed by atoms with Crippen molar-refractivity contribution in [2.45, 2.75) is 43.9 Å². The molecule has 1 saturated carbocycles. The molecule has 1 aromatic rings. The molecule has 4 rings (SSSR count). The summed E-state index contributed by atoms with van der Waals surface area (Å²) in [5.74, 6) is -1.79. The number of hydrogen-bond donors (Lipinski definition) is 1. The molecule has 1 N–H and O–H groups in total. The highest BCUT2D eigenvalue weighted by Gasteiger charge is 2.43. The van der Waals surface area contributed by atoms with Gasteiger partial charge in [-0.05, 0) is 31.6 Å². The van der Waals surface area contributed by atoms with Gasteiger partial charge in [0.05, 0.1) is 24.0 Å². The predicted octanol–water partition coefficient (Wildman–Crippen LogP) is 2.05. The van der Waals surface area contributed by atoms with E-state index in [1.165, 1.54) is 25.8 Å². The third kappa shape index (κ3) is 5.51. The van der Waals surface area contributed by atoms with Crippen molar-refractivity contribution in [1.82, 2.24) is 14.7 Å². The van der Waals surface area contributed by atoms with Gasteiger partial charge in [0.1, 0.15) is 6.61 Å². The maximum atomic E-state index is 12.2. The lowest BCUT2D eigenvalue weighted by molar-refractivity contribution is -0.192. The number of halogens is 3. The number of carboxylic acids is 1. The van der Waals surface area contributed by atoms with Gasteiger partial charge in [-0.15, -0.1) is 0 Å². The average molecular weight is 432 g/mol. The van der Waals surface area contributed by atoms with Gasteiger partial charge in [0, 0.05) is 32.9 Å². The van der Waals surface area contributed by atoms with Crippen LogP contribution in [0.2, 0.25) is 0 Å². The SMILES string of the molecule is Cn1cc(N2CC3(CCN(CC4CCC4)CC3)OCC2=O)cn1.O=C(O)C(F)(F)F. The summed E-state index contributed by atoms with van der Waals surface area (Å²) in [6.45, 7) is 4.28. The van der Waals surface area contributed by atoms with Crippen molar-refractivity contribution in [2.75, 3.05) is 37.7 Å². The number of ether oxygens (including phenoxy) is 1. The number of carbonyl (C=O) groups excluding carboxylic acids is 1. The minimum atomic E-state index is -5.08. The Labute approximate surface area is 172 Å². The number of morpholine rings is 1. The van der Waals surface area contributed by atoms with Crippen LogP contribution in [0.25, 0.3) is 0 Å². The zero-order chi connectivity index (χ0) is 21.9. The lowest BCUT2D eigenvalue weighted by Crippen LogP contribution is -2.59. The van der Waals surface area contributed by atoms with Crippen LogP contribution in [0.4, 0.5) is 18.9 Å². The summed E-state index contributed by atoms with van der Waals surface area (Å²) in [6, 6.07) is 0. The molecule has 11 heteroatoms. The van der Waals surface area contributed by atoms with Crippen molar-refractivity contribution in [3.63, 3.8) is 0 Å². The number of rotatable bonds is 3. The normalized spacial score (nSPS) is 22.4. The quantitative estimate of drug-likeness (QED) is 0.787. The average Bonchev–Trinajstić information content (AvgIpc) is 3.08. The number of piperidine rings is 1. The molecule has 2 aliphatic heterocycles. The summed E-state index contributed by atoms with van der Waals surface area (Å²) >= 11 is 0. The Morgan fingerprint density at radius 2 is 1.97 bits per heavy atom. The van der Waals surface area contributed by atoms with Crippen molar-refractivity contribution in [3.05, 3.63) is 12.4 Å². The number of hydrogen-bond acceptors (Lipinski definition) is 5. The summed E-state index contributed by atoms with van der Waals surface area (Å²) in [6.07, 6.45) is 4.84. The Morgan fingerprint density at radius 3 is 2.43 bits per heavy atom. The first kappa shape index (κ1) is 22.5. The molecular formula is C19H27F3N4O4. The van der Waals surface area contributed by atoms with Crippen LogP contribution in [0, 0.1) is 5.92 Å². The first-order chi connectivity index (χ1) is 14.1. The monoisotopic (exact) mass is 432 g/mol. The van der Waals surface area contributed by atoms with E-state index in [0.29, 0.717) is 6.54 Å². The van der Waals surface area contributed by atoms with Crippen LogP contribution in [0.5, 0.6) is 0 Å². The lowest BCUT2D eigenvalue weighted by Gasteiger charge is -2.47. The van der Waals surface area contributed by atoms with Gasteiger partial charge in [0.25, 0.3) is 5.91 Å². The molecule has 1 aliphatic carbocycles. The Hall–Kier alpha value is -2.14. The molecule has 0 aromatic carbocycles. The molecular weight excluding hydrogens is 405 g/mol. The minimum absolute atomic E-state index is 0.0422. The predicted molar refractivity (Wildman–Crippen MR) is 101 cm³/mol. The van der Waals surface area contributed by atoms with E-state index in [1.54, 1.807) is 10.9 Å². The molecule has 8 nitrogen and oxygen atoms in total. The standard InChI is InChI=1S/C17H26N4O2.C2HF3O2/c1-19-11-15(9-18-19)21-13-17(23-12-16(21)22)5-7-20(8-6-17)10-14-3-2-4-14;3-2(4,5)1(6)7/h9,11,14H,2-8,10,12-13H2,1H3;(H,6,7). The first-order valence-electron chi connectivity index (χ1n) is 10.0. The fourth-order valence-corrected chi connectivity index (χ4v) is 3.98. The zero-order valence-corrected chi connectivity index (χ0v) is 16.9. The molecule has 168 valence electrons.